The van der Waals surface area contributed by atoms with Crippen LogP contribution in [0.25, 0.3) is 0 Å². The second kappa shape index (κ2) is 4.72. The van der Waals surface area contributed by atoms with Crippen molar-refractivity contribution in [3.05, 3.63) is 30.9 Å². The van der Waals surface area contributed by atoms with E-state index in [4.69, 9.17) is 5.11 Å². The Kier molecular flexibility index (Phi) is 3.54. The van der Waals surface area contributed by atoms with Gasteiger partial charge in [0.1, 0.15) is 5.82 Å². The molecule has 0 aliphatic carbocycles. The van der Waals surface area contributed by atoms with E-state index in [0.29, 0.717) is 0 Å². The minimum absolute atomic E-state index is 0.223. The molecule has 1 heterocycles. The molecular formula is C9H14N2O. The van der Waals surface area contributed by atoms with E-state index in [-0.39, 0.29) is 6.61 Å². The Morgan fingerprint density at radius 1 is 1.67 bits per heavy atom. The Bertz CT molecular complexity index is 242. The van der Waals surface area contributed by atoms with E-state index < -0.39 is 0 Å². The maximum atomic E-state index is 8.63. The second-order valence-corrected chi connectivity index (χ2v) is 2.61. The van der Waals surface area contributed by atoms with Crippen LogP contribution in [0.1, 0.15) is 12.2 Å². The van der Waals surface area contributed by atoms with Crippen LogP contribution in [-0.4, -0.2) is 21.3 Å². The van der Waals surface area contributed by atoms with E-state index in [9.17, 15) is 0 Å². The van der Waals surface area contributed by atoms with Gasteiger partial charge in [0.25, 0.3) is 0 Å². The normalized spacial score (nSPS) is 10.1. The van der Waals surface area contributed by atoms with E-state index in [1.807, 2.05) is 16.8 Å². The monoisotopic (exact) mass is 166 g/mol. The van der Waals surface area contributed by atoms with E-state index in [1.54, 1.807) is 6.20 Å². The predicted octanol–water partition coefficient (Wildman–Crippen LogP) is 0.994. The van der Waals surface area contributed by atoms with Crippen LogP contribution < -0.4 is 0 Å². The SMILES string of the molecule is C=CCn1ccnc1CCCO. The molecule has 0 fully saturated rings. The molecule has 66 valence electrons. The summed E-state index contributed by atoms with van der Waals surface area (Å²) in [5.74, 6) is 1.02. The topological polar surface area (TPSA) is 38.0 Å². The Morgan fingerprint density at radius 3 is 3.17 bits per heavy atom. The van der Waals surface area contributed by atoms with Crippen molar-refractivity contribution in [2.24, 2.45) is 0 Å². The van der Waals surface area contributed by atoms with Gasteiger partial charge in [-0.05, 0) is 6.42 Å². The second-order valence-electron chi connectivity index (χ2n) is 2.61. The number of aliphatic hydroxyl groups is 1. The first kappa shape index (κ1) is 9.00. The highest BCUT2D eigenvalue weighted by molar-refractivity contribution is 4.94. The molecule has 0 saturated heterocycles. The fourth-order valence-electron chi connectivity index (χ4n) is 1.11. The Hall–Kier alpha value is -1.09. The van der Waals surface area contributed by atoms with Gasteiger partial charge in [-0.15, -0.1) is 6.58 Å². The molecule has 0 saturated carbocycles. The van der Waals surface area contributed by atoms with Gasteiger partial charge in [-0.1, -0.05) is 6.08 Å². The highest BCUT2D eigenvalue weighted by Crippen LogP contribution is 2.00. The van der Waals surface area contributed by atoms with Gasteiger partial charge in [-0.3, -0.25) is 0 Å². The van der Waals surface area contributed by atoms with Crippen LogP contribution in [0.5, 0.6) is 0 Å². The van der Waals surface area contributed by atoms with E-state index in [2.05, 4.69) is 11.6 Å². The number of nitrogens with zero attached hydrogens (tertiary/aromatic N) is 2. The van der Waals surface area contributed by atoms with E-state index in [1.165, 1.54) is 0 Å². The molecule has 0 aromatic carbocycles. The molecule has 12 heavy (non-hydrogen) atoms. The van der Waals surface area contributed by atoms with Crippen molar-refractivity contribution in [1.82, 2.24) is 9.55 Å². The standard InChI is InChI=1S/C9H14N2O/c1-2-6-11-7-5-10-9(11)4-3-8-12/h2,5,7,12H,1,3-4,6,8H2. The lowest BCUT2D eigenvalue weighted by molar-refractivity contribution is 0.287. The van der Waals surface area contributed by atoms with Crippen LogP contribution in [0, 0.1) is 0 Å². The summed E-state index contributed by atoms with van der Waals surface area (Å²) >= 11 is 0. The minimum atomic E-state index is 0.223. The molecule has 1 rings (SSSR count). The summed E-state index contributed by atoms with van der Waals surface area (Å²) in [5.41, 5.74) is 0. The first-order valence-electron chi connectivity index (χ1n) is 4.10. The number of aliphatic hydroxyl groups excluding tert-OH is 1. The summed E-state index contributed by atoms with van der Waals surface area (Å²) in [5, 5.41) is 8.63. The number of hydrogen-bond donors (Lipinski definition) is 1. The molecule has 0 amide bonds. The minimum Gasteiger partial charge on any atom is -0.396 e. The summed E-state index contributed by atoms with van der Waals surface area (Å²) in [4.78, 5) is 4.18. The number of hydrogen-bond acceptors (Lipinski definition) is 2. The summed E-state index contributed by atoms with van der Waals surface area (Å²) in [6.07, 6.45) is 7.14. The number of aryl methyl sites for hydroxylation is 1. The predicted molar refractivity (Wildman–Crippen MR) is 47.8 cm³/mol. The highest BCUT2D eigenvalue weighted by Gasteiger charge is 1.99. The van der Waals surface area contributed by atoms with Gasteiger partial charge in [0.2, 0.25) is 0 Å². The van der Waals surface area contributed by atoms with E-state index in [0.717, 1.165) is 25.2 Å². The zero-order valence-corrected chi connectivity index (χ0v) is 7.11. The molecule has 1 N–H and O–H groups in total. The fraction of sp³-hybridized carbons (Fsp3) is 0.444. The first-order chi connectivity index (χ1) is 5.88. The molecule has 1 aromatic rings. The van der Waals surface area contributed by atoms with Gasteiger partial charge in [0.05, 0.1) is 0 Å². The smallest absolute Gasteiger partial charge is 0.108 e. The van der Waals surface area contributed by atoms with Crippen molar-refractivity contribution < 1.29 is 5.11 Å². The van der Waals surface area contributed by atoms with Gasteiger partial charge in [-0.25, -0.2) is 4.98 Å². The van der Waals surface area contributed by atoms with Crippen LogP contribution in [0.4, 0.5) is 0 Å². The lowest BCUT2D eigenvalue weighted by Crippen LogP contribution is -2.02. The molecular weight excluding hydrogens is 152 g/mol. The quantitative estimate of drug-likeness (QED) is 0.662. The van der Waals surface area contributed by atoms with Crippen LogP contribution in [-0.2, 0) is 13.0 Å². The first-order valence-corrected chi connectivity index (χ1v) is 4.10. The average molecular weight is 166 g/mol. The van der Waals surface area contributed by atoms with Crippen molar-refractivity contribution in [3.63, 3.8) is 0 Å². The number of rotatable bonds is 5. The zero-order valence-electron chi connectivity index (χ0n) is 7.11. The Labute approximate surface area is 72.4 Å². The van der Waals surface area contributed by atoms with Crippen molar-refractivity contribution in [3.8, 4) is 0 Å². The van der Waals surface area contributed by atoms with Gasteiger partial charge in [0.15, 0.2) is 0 Å². The molecule has 3 heteroatoms. The summed E-state index contributed by atoms with van der Waals surface area (Å²) in [6.45, 7) is 4.67. The lowest BCUT2D eigenvalue weighted by atomic mass is 10.3. The maximum absolute atomic E-state index is 8.63. The lowest BCUT2D eigenvalue weighted by Gasteiger charge is -2.02. The van der Waals surface area contributed by atoms with Gasteiger partial charge < -0.3 is 9.67 Å². The van der Waals surface area contributed by atoms with Crippen LogP contribution in [0.15, 0.2) is 25.0 Å². The molecule has 0 aliphatic heterocycles. The van der Waals surface area contributed by atoms with Gasteiger partial charge in [0, 0.05) is 32.0 Å². The van der Waals surface area contributed by atoms with Crippen LogP contribution in [0.3, 0.4) is 0 Å². The van der Waals surface area contributed by atoms with Gasteiger partial charge in [-0.2, -0.15) is 0 Å². The summed E-state index contributed by atoms with van der Waals surface area (Å²) in [7, 11) is 0. The molecule has 0 spiro atoms. The summed E-state index contributed by atoms with van der Waals surface area (Å²) in [6, 6.07) is 0. The molecule has 3 nitrogen and oxygen atoms in total. The molecule has 1 aromatic heterocycles. The van der Waals surface area contributed by atoms with E-state index >= 15 is 0 Å². The highest BCUT2D eigenvalue weighted by atomic mass is 16.2. The molecule has 0 bridgehead atoms. The molecule has 0 atom stereocenters. The number of aromatic nitrogens is 2. The fourth-order valence-corrected chi connectivity index (χ4v) is 1.11. The van der Waals surface area contributed by atoms with Crippen LogP contribution in [0.2, 0.25) is 0 Å². The zero-order chi connectivity index (χ0) is 8.81. The number of imidazole rings is 1. The van der Waals surface area contributed by atoms with Crippen molar-refractivity contribution in [2.75, 3.05) is 6.61 Å². The maximum Gasteiger partial charge on any atom is 0.108 e. The molecule has 0 aliphatic rings. The molecule has 0 radical (unpaired) electrons. The third kappa shape index (κ3) is 2.20. The molecule has 0 unspecified atom stereocenters. The average Bonchev–Trinajstić information content (AvgIpc) is 2.50. The Morgan fingerprint density at radius 2 is 2.50 bits per heavy atom. The van der Waals surface area contributed by atoms with Crippen molar-refractivity contribution in [1.29, 1.82) is 0 Å². The van der Waals surface area contributed by atoms with Crippen molar-refractivity contribution in [2.45, 2.75) is 19.4 Å². The van der Waals surface area contributed by atoms with Crippen molar-refractivity contribution >= 4 is 0 Å². The number of allylic oxidation sites excluding steroid dienone is 1. The summed E-state index contributed by atoms with van der Waals surface area (Å²) < 4.78 is 2.03. The largest absolute Gasteiger partial charge is 0.396 e. The third-order valence-corrected chi connectivity index (χ3v) is 1.69. The van der Waals surface area contributed by atoms with Crippen LogP contribution >= 0.6 is 0 Å². The third-order valence-electron chi connectivity index (χ3n) is 1.69. The Balaban J connectivity index is 2.57. The van der Waals surface area contributed by atoms with Gasteiger partial charge >= 0.3 is 0 Å².